The summed E-state index contributed by atoms with van der Waals surface area (Å²) in [5.41, 5.74) is 1.07. The lowest BCUT2D eigenvalue weighted by molar-refractivity contribution is 0.0564. The first-order valence-electron chi connectivity index (χ1n) is 8.09. The van der Waals surface area contributed by atoms with Crippen molar-refractivity contribution in [3.63, 3.8) is 0 Å². The molecule has 0 spiro atoms. The number of benzene rings is 1. The summed E-state index contributed by atoms with van der Waals surface area (Å²) in [6, 6.07) is 7.20. The van der Waals surface area contributed by atoms with Crippen molar-refractivity contribution in [1.82, 2.24) is 9.80 Å². The van der Waals surface area contributed by atoms with Gasteiger partial charge in [-0.05, 0) is 49.9 Å². The Bertz CT molecular complexity index is 624. The first-order valence-corrected chi connectivity index (χ1v) is 9.27. The molecule has 1 aliphatic heterocycles. The van der Waals surface area contributed by atoms with Gasteiger partial charge in [0.1, 0.15) is 0 Å². The molecule has 2 fully saturated rings. The van der Waals surface area contributed by atoms with E-state index < -0.39 is 10.9 Å². The maximum absolute atomic E-state index is 12.5. The van der Waals surface area contributed by atoms with E-state index in [1.54, 1.807) is 24.3 Å². The quantitative estimate of drug-likeness (QED) is 0.792. The molecular weight excluding hydrogens is 314 g/mol. The summed E-state index contributed by atoms with van der Waals surface area (Å²) in [5, 5.41) is 0. The van der Waals surface area contributed by atoms with Crippen LogP contribution in [-0.2, 0) is 10.9 Å². The van der Waals surface area contributed by atoms with Crippen molar-refractivity contribution in [2.45, 2.75) is 25.8 Å². The van der Waals surface area contributed by atoms with E-state index in [4.69, 9.17) is 0 Å². The smallest absolute Gasteiger partial charge is 0.253 e. The largest absolute Gasteiger partial charge is 0.336 e. The maximum Gasteiger partial charge on any atom is 0.253 e. The van der Waals surface area contributed by atoms with Gasteiger partial charge in [0.2, 0.25) is 10.9 Å². The molecule has 0 aromatic heterocycles. The zero-order chi connectivity index (χ0) is 16.4. The SMILES string of the molecule is CC(C1CC1)N1CCN(C(=O)c2ccc(N[SH](=O)=O)cc2)CC1. The molecule has 1 atom stereocenters. The topological polar surface area (TPSA) is 69.7 Å². The van der Waals surface area contributed by atoms with Crippen molar-refractivity contribution >= 4 is 22.5 Å². The predicted octanol–water partition coefficient (Wildman–Crippen LogP) is 1.18. The van der Waals surface area contributed by atoms with Gasteiger partial charge in [-0.15, -0.1) is 0 Å². The zero-order valence-corrected chi connectivity index (χ0v) is 14.2. The normalized spacial score (nSPS) is 20.5. The molecule has 126 valence electrons. The van der Waals surface area contributed by atoms with E-state index in [1.165, 1.54) is 12.8 Å². The Kier molecular flexibility index (Phi) is 4.87. The lowest BCUT2D eigenvalue weighted by atomic mass is 10.1. The molecule has 1 amide bonds. The van der Waals surface area contributed by atoms with Gasteiger partial charge in [-0.3, -0.25) is 14.4 Å². The van der Waals surface area contributed by atoms with Crippen molar-refractivity contribution in [2.75, 3.05) is 30.9 Å². The van der Waals surface area contributed by atoms with Crippen LogP contribution in [-0.4, -0.2) is 56.3 Å². The molecule has 3 rings (SSSR count). The molecule has 1 N–H and O–H groups in total. The van der Waals surface area contributed by atoms with Crippen molar-refractivity contribution in [3.05, 3.63) is 29.8 Å². The number of carbonyl (C=O) groups excluding carboxylic acids is 1. The van der Waals surface area contributed by atoms with Crippen LogP contribution in [0.5, 0.6) is 0 Å². The van der Waals surface area contributed by atoms with Crippen LogP contribution in [0.1, 0.15) is 30.1 Å². The van der Waals surface area contributed by atoms with Gasteiger partial charge in [0.15, 0.2) is 0 Å². The number of hydrogen-bond acceptors (Lipinski definition) is 4. The number of anilines is 1. The van der Waals surface area contributed by atoms with E-state index in [9.17, 15) is 13.2 Å². The average Bonchev–Trinajstić information content (AvgIpc) is 3.39. The van der Waals surface area contributed by atoms with Gasteiger partial charge in [0, 0.05) is 43.5 Å². The number of thiol groups is 1. The highest BCUT2D eigenvalue weighted by atomic mass is 32.2. The van der Waals surface area contributed by atoms with Gasteiger partial charge in [-0.1, -0.05) is 0 Å². The molecule has 1 heterocycles. The fourth-order valence-corrected chi connectivity index (χ4v) is 3.54. The van der Waals surface area contributed by atoms with E-state index in [2.05, 4.69) is 16.5 Å². The maximum atomic E-state index is 12.5. The monoisotopic (exact) mass is 337 g/mol. The zero-order valence-electron chi connectivity index (χ0n) is 13.3. The van der Waals surface area contributed by atoms with Gasteiger partial charge < -0.3 is 4.90 Å². The highest BCUT2D eigenvalue weighted by molar-refractivity contribution is 7.73. The van der Waals surface area contributed by atoms with Crippen molar-refractivity contribution in [2.24, 2.45) is 5.92 Å². The third kappa shape index (κ3) is 4.03. The average molecular weight is 337 g/mol. The van der Waals surface area contributed by atoms with Gasteiger partial charge >= 0.3 is 0 Å². The number of nitrogens with zero attached hydrogens (tertiary/aromatic N) is 2. The highest BCUT2D eigenvalue weighted by Crippen LogP contribution is 2.35. The molecule has 2 aliphatic rings. The third-order valence-corrected chi connectivity index (χ3v) is 5.27. The number of rotatable bonds is 5. The number of hydrogen-bond donors (Lipinski definition) is 2. The van der Waals surface area contributed by atoms with Gasteiger partial charge in [0.25, 0.3) is 5.91 Å². The number of amides is 1. The van der Waals surface area contributed by atoms with Gasteiger partial charge in [-0.2, -0.15) is 0 Å². The first kappa shape index (κ1) is 16.3. The first-order chi connectivity index (χ1) is 11.0. The summed E-state index contributed by atoms with van der Waals surface area (Å²) in [7, 11) is -2.68. The lowest BCUT2D eigenvalue weighted by Gasteiger charge is -2.38. The fraction of sp³-hybridized carbons (Fsp3) is 0.562. The van der Waals surface area contributed by atoms with Gasteiger partial charge in [-0.25, -0.2) is 8.42 Å². The summed E-state index contributed by atoms with van der Waals surface area (Å²) in [6.45, 7) is 5.66. The van der Waals surface area contributed by atoms with Crippen LogP contribution in [0.15, 0.2) is 24.3 Å². The molecule has 7 heteroatoms. The Morgan fingerprint density at radius 1 is 1.13 bits per heavy atom. The Balaban J connectivity index is 1.56. The summed E-state index contributed by atoms with van der Waals surface area (Å²) in [4.78, 5) is 16.9. The van der Waals surface area contributed by atoms with Crippen LogP contribution in [0.2, 0.25) is 0 Å². The van der Waals surface area contributed by atoms with Gasteiger partial charge in [0.05, 0.1) is 0 Å². The molecular formula is C16H23N3O3S. The Morgan fingerprint density at radius 3 is 2.26 bits per heavy atom. The fourth-order valence-electron chi connectivity index (χ4n) is 3.18. The molecule has 1 aromatic carbocycles. The van der Waals surface area contributed by atoms with Crippen LogP contribution in [0.4, 0.5) is 5.69 Å². The second-order valence-corrected chi connectivity index (χ2v) is 7.09. The van der Waals surface area contributed by atoms with Crippen LogP contribution in [0.3, 0.4) is 0 Å². The molecule has 23 heavy (non-hydrogen) atoms. The van der Waals surface area contributed by atoms with Crippen LogP contribution in [0, 0.1) is 5.92 Å². The minimum atomic E-state index is -2.68. The van der Waals surface area contributed by atoms with E-state index in [1.807, 2.05) is 4.90 Å². The molecule has 0 bridgehead atoms. The van der Waals surface area contributed by atoms with Crippen LogP contribution < -0.4 is 4.72 Å². The molecule has 1 aliphatic carbocycles. The number of carbonyl (C=O) groups is 1. The molecule has 6 nitrogen and oxygen atoms in total. The minimum absolute atomic E-state index is 0.0155. The van der Waals surface area contributed by atoms with Crippen molar-refractivity contribution in [3.8, 4) is 0 Å². The highest BCUT2D eigenvalue weighted by Gasteiger charge is 2.34. The Labute approximate surface area is 138 Å². The van der Waals surface area contributed by atoms with E-state index in [0.29, 0.717) is 17.3 Å². The summed E-state index contributed by atoms with van der Waals surface area (Å²) in [6.07, 6.45) is 2.69. The van der Waals surface area contributed by atoms with E-state index in [-0.39, 0.29) is 5.91 Å². The summed E-state index contributed by atoms with van der Waals surface area (Å²) < 4.78 is 23.5. The predicted molar refractivity (Wildman–Crippen MR) is 90.0 cm³/mol. The van der Waals surface area contributed by atoms with Crippen molar-refractivity contribution in [1.29, 1.82) is 0 Å². The van der Waals surface area contributed by atoms with E-state index >= 15 is 0 Å². The molecule has 1 unspecified atom stereocenters. The second kappa shape index (κ2) is 6.88. The number of nitrogens with one attached hydrogen (secondary N) is 1. The number of piperazine rings is 1. The molecule has 1 saturated carbocycles. The Hall–Kier alpha value is -1.60. The van der Waals surface area contributed by atoms with Crippen LogP contribution in [0.25, 0.3) is 0 Å². The van der Waals surface area contributed by atoms with Crippen LogP contribution >= 0.6 is 0 Å². The lowest BCUT2D eigenvalue weighted by Crippen LogP contribution is -2.51. The molecule has 1 aromatic rings. The van der Waals surface area contributed by atoms with E-state index in [0.717, 1.165) is 32.1 Å². The minimum Gasteiger partial charge on any atom is -0.336 e. The third-order valence-electron chi connectivity index (χ3n) is 4.83. The molecule has 0 radical (unpaired) electrons. The standard InChI is InChI=1S/C16H23N3O3S/c1-12(13-2-3-13)18-8-10-19(11-9-18)16(20)14-4-6-15(7-5-14)17-23(21)22/h4-7,12-13,23H,2-3,8-11H2,1H3,(H,17,21,22). The Morgan fingerprint density at radius 2 is 1.74 bits per heavy atom. The molecule has 1 saturated heterocycles. The second-order valence-electron chi connectivity index (χ2n) is 6.35. The summed E-state index contributed by atoms with van der Waals surface area (Å²) >= 11 is 0. The van der Waals surface area contributed by atoms with Crippen molar-refractivity contribution < 1.29 is 13.2 Å². The summed E-state index contributed by atoms with van der Waals surface area (Å²) in [5.74, 6) is 0.867.